The van der Waals surface area contributed by atoms with E-state index in [1.807, 2.05) is 19.9 Å². The molecule has 0 saturated heterocycles. The Morgan fingerprint density at radius 3 is 2.48 bits per heavy atom. The number of carbonyl (C=O) groups is 1. The molecule has 0 aliphatic heterocycles. The number of ether oxygens (including phenoxy) is 1. The predicted molar refractivity (Wildman–Crippen MR) is 124 cm³/mol. The van der Waals surface area contributed by atoms with Crippen LogP contribution in [0.15, 0.2) is 50.5 Å². The molecule has 0 aliphatic carbocycles. The zero-order valence-electron chi connectivity index (χ0n) is 18.8. The highest BCUT2D eigenvalue weighted by atomic mass is 32.2. The van der Waals surface area contributed by atoms with E-state index in [1.54, 1.807) is 6.07 Å². The summed E-state index contributed by atoms with van der Waals surface area (Å²) in [5.74, 6) is -0.781. The maximum atomic E-state index is 13.0. The van der Waals surface area contributed by atoms with E-state index in [9.17, 15) is 18.0 Å². The van der Waals surface area contributed by atoms with Crippen LogP contribution in [0.4, 0.5) is 5.69 Å². The second-order valence-electron chi connectivity index (χ2n) is 7.74. The van der Waals surface area contributed by atoms with Gasteiger partial charge in [-0.05, 0) is 55.3 Å². The Balaban J connectivity index is 1.97. The van der Waals surface area contributed by atoms with E-state index >= 15 is 0 Å². The Kier molecular flexibility index (Phi) is 7.21. The second-order valence-corrected chi connectivity index (χ2v) is 9.90. The van der Waals surface area contributed by atoms with Gasteiger partial charge in [-0.3, -0.25) is 0 Å². The molecule has 0 aliphatic rings. The topological polar surface area (TPSA) is 126 Å². The number of nitrogens with one attached hydrogen (secondary N) is 1. The second kappa shape index (κ2) is 9.74. The minimum atomic E-state index is -3.79. The highest BCUT2D eigenvalue weighted by molar-refractivity contribution is 7.89. The molecule has 10 heteroatoms. The highest BCUT2D eigenvalue weighted by Gasteiger charge is 2.22. The van der Waals surface area contributed by atoms with Crippen LogP contribution in [-0.2, 0) is 21.4 Å². The summed E-state index contributed by atoms with van der Waals surface area (Å²) in [6, 6.07) is 8.91. The normalized spacial score (nSPS) is 11.7. The summed E-state index contributed by atoms with van der Waals surface area (Å²) in [4.78, 5) is 24.9. The fourth-order valence-corrected chi connectivity index (χ4v) is 4.16. The number of nitrogens with zero attached hydrogens (tertiary/aromatic N) is 1. The minimum absolute atomic E-state index is 0.00864. The number of fused-ring (bicyclic) bond motifs is 1. The van der Waals surface area contributed by atoms with Crippen molar-refractivity contribution < 1.29 is 27.5 Å². The van der Waals surface area contributed by atoms with Gasteiger partial charge in [-0.2, -0.15) is 0 Å². The van der Waals surface area contributed by atoms with E-state index in [0.29, 0.717) is 22.2 Å². The van der Waals surface area contributed by atoms with Crippen LogP contribution in [0.5, 0.6) is 0 Å². The van der Waals surface area contributed by atoms with E-state index in [2.05, 4.69) is 5.32 Å². The minimum Gasteiger partial charge on any atom is -0.457 e. The SMILES string of the molecule is Cc1cc2oc(=O)cc(COC(=O)c3cc(S(=O)(=O)N(C)C)ccc3NCCO)c2cc1C. The Bertz CT molecular complexity index is 1360. The molecule has 0 unspecified atom stereocenters. The number of carbonyl (C=O) groups excluding carboxylic acids is 1. The van der Waals surface area contributed by atoms with Crippen molar-refractivity contribution in [2.45, 2.75) is 25.3 Å². The van der Waals surface area contributed by atoms with Gasteiger partial charge in [0.15, 0.2) is 0 Å². The first-order chi connectivity index (χ1) is 15.5. The molecule has 3 aromatic rings. The van der Waals surface area contributed by atoms with E-state index in [1.165, 1.54) is 38.4 Å². The van der Waals surface area contributed by atoms with E-state index in [0.717, 1.165) is 15.4 Å². The zero-order chi connectivity index (χ0) is 24.3. The number of benzene rings is 2. The molecule has 176 valence electrons. The monoisotopic (exact) mass is 474 g/mol. The first-order valence-electron chi connectivity index (χ1n) is 10.2. The summed E-state index contributed by atoms with van der Waals surface area (Å²) in [5, 5.41) is 12.6. The average Bonchev–Trinajstić information content (AvgIpc) is 2.76. The molecule has 0 amide bonds. The summed E-state index contributed by atoms with van der Waals surface area (Å²) in [7, 11) is -1.01. The number of esters is 1. The van der Waals surface area contributed by atoms with Gasteiger partial charge in [-0.25, -0.2) is 22.3 Å². The highest BCUT2D eigenvalue weighted by Crippen LogP contribution is 2.25. The fraction of sp³-hybridized carbons (Fsp3) is 0.304. The fourth-order valence-electron chi connectivity index (χ4n) is 3.23. The average molecular weight is 475 g/mol. The molecular weight excluding hydrogens is 448 g/mol. The van der Waals surface area contributed by atoms with Crippen molar-refractivity contribution in [2.75, 3.05) is 32.6 Å². The third-order valence-corrected chi connectivity index (χ3v) is 7.03. The van der Waals surface area contributed by atoms with Crippen LogP contribution in [0, 0.1) is 13.8 Å². The van der Waals surface area contributed by atoms with E-state index in [-0.39, 0.29) is 30.2 Å². The third-order valence-electron chi connectivity index (χ3n) is 5.22. The lowest BCUT2D eigenvalue weighted by Crippen LogP contribution is -2.23. The predicted octanol–water partition coefficient (Wildman–Crippen LogP) is 2.42. The van der Waals surface area contributed by atoms with Crippen LogP contribution in [0.2, 0.25) is 0 Å². The molecule has 33 heavy (non-hydrogen) atoms. The molecule has 0 bridgehead atoms. The first kappa shape index (κ1) is 24.4. The number of hydrogen-bond acceptors (Lipinski definition) is 8. The lowest BCUT2D eigenvalue weighted by Gasteiger charge is -2.16. The number of aryl methyl sites for hydroxylation is 2. The van der Waals surface area contributed by atoms with Crippen LogP contribution in [0.25, 0.3) is 11.0 Å². The van der Waals surface area contributed by atoms with Crippen molar-refractivity contribution in [1.82, 2.24) is 4.31 Å². The Labute approximate surface area is 191 Å². The van der Waals surface area contributed by atoms with Crippen LogP contribution < -0.4 is 10.9 Å². The molecule has 1 heterocycles. The van der Waals surface area contributed by atoms with Gasteiger partial charge >= 0.3 is 11.6 Å². The summed E-state index contributed by atoms with van der Waals surface area (Å²) in [6.45, 7) is 3.58. The van der Waals surface area contributed by atoms with Gasteiger partial charge in [0.05, 0.1) is 17.1 Å². The Hall–Kier alpha value is -3.21. The van der Waals surface area contributed by atoms with Gasteiger partial charge < -0.3 is 19.6 Å². The van der Waals surface area contributed by atoms with Gasteiger partial charge in [0.25, 0.3) is 0 Å². The Morgan fingerprint density at radius 1 is 1.12 bits per heavy atom. The molecule has 3 rings (SSSR count). The van der Waals surface area contributed by atoms with E-state index in [4.69, 9.17) is 14.3 Å². The third kappa shape index (κ3) is 5.24. The van der Waals surface area contributed by atoms with Crippen LogP contribution in [0.3, 0.4) is 0 Å². The van der Waals surface area contributed by atoms with Crippen LogP contribution in [0.1, 0.15) is 27.0 Å². The van der Waals surface area contributed by atoms with Gasteiger partial charge in [0.2, 0.25) is 10.0 Å². The Morgan fingerprint density at radius 2 is 1.82 bits per heavy atom. The quantitative estimate of drug-likeness (QED) is 0.377. The van der Waals surface area contributed by atoms with Gasteiger partial charge in [-0.1, -0.05) is 0 Å². The zero-order valence-corrected chi connectivity index (χ0v) is 19.7. The lowest BCUT2D eigenvalue weighted by atomic mass is 10.0. The van der Waals surface area contributed by atoms with Crippen molar-refractivity contribution in [1.29, 1.82) is 0 Å². The largest absolute Gasteiger partial charge is 0.457 e. The molecule has 9 nitrogen and oxygen atoms in total. The summed E-state index contributed by atoms with van der Waals surface area (Å²) in [6.07, 6.45) is 0. The summed E-state index contributed by atoms with van der Waals surface area (Å²) in [5.41, 5.74) is 2.54. The van der Waals surface area contributed by atoms with Crippen molar-refractivity contribution in [3.05, 3.63) is 69.1 Å². The molecule has 0 spiro atoms. The molecule has 1 aromatic heterocycles. The smallest absolute Gasteiger partial charge is 0.340 e. The standard InChI is InChI=1S/C23H26N2O7S/c1-14-9-18-16(11-22(27)32-21(18)10-15(14)2)13-31-23(28)19-12-17(33(29,30)25(3)4)5-6-20(19)24-7-8-26/h5-6,9-12,24,26H,7-8,13H2,1-4H3. The molecule has 0 fully saturated rings. The maximum Gasteiger partial charge on any atom is 0.340 e. The molecule has 2 aromatic carbocycles. The van der Waals surface area contributed by atoms with Gasteiger partial charge in [0, 0.05) is 43.3 Å². The number of sulfonamides is 1. The summed E-state index contributed by atoms with van der Waals surface area (Å²) < 4.78 is 36.8. The summed E-state index contributed by atoms with van der Waals surface area (Å²) >= 11 is 0. The molecular formula is C23H26N2O7S. The number of aliphatic hydroxyl groups is 1. The van der Waals surface area contributed by atoms with Crippen molar-refractivity contribution in [2.24, 2.45) is 0 Å². The van der Waals surface area contributed by atoms with Gasteiger partial charge in [0.1, 0.15) is 12.2 Å². The lowest BCUT2D eigenvalue weighted by molar-refractivity contribution is 0.0474. The van der Waals surface area contributed by atoms with Gasteiger partial charge in [-0.15, -0.1) is 0 Å². The van der Waals surface area contributed by atoms with Crippen molar-refractivity contribution in [3.8, 4) is 0 Å². The van der Waals surface area contributed by atoms with E-state index < -0.39 is 21.6 Å². The maximum absolute atomic E-state index is 13.0. The first-order valence-corrected chi connectivity index (χ1v) is 11.6. The van der Waals surface area contributed by atoms with Crippen LogP contribution in [-0.4, -0.2) is 51.0 Å². The van der Waals surface area contributed by atoms with Crippen LogP contribution >= 0.6 is 0 Å². The molecule has 2 N–H and O–H groups in total. The number of aliphatic hydroxyl groups excluding tert-OH is 1. The number of hydrogen-bond donors (Lipinski definition) is 2. The number of anilines is 1. The number of rotatable bonds is 8. The molecule has 0 saturated carbocycles. The molecule has 0 radical (unpaired) electrons. The molecule has 0 atom stereocenters. The van der Waals surface area contributed by atoms with Crippen molar-refractivity contribution >= 4 is 32.6 Å². The van der Waals surface area contributed by atoms with Crippen molar-refractivity contribution in [3.63, 3.8) is 0 Å².